The Balaban J connectivity index is 1.12. The zero-order valence-corrected chi connectivity index (χ0v) is 26.1. The van der Waals surface area contributed by atoms with Gasteiger partial charge in [0.1, 0.15) is 48.5 Å². The lowest BCUT2D eigenvalue weighted by Crippen LogP contribution is -2.36. The first-order valence-corrected chi connectivity index (χ1v) is 17.2. The van der Waals surface area contributed by atoms with Crippen molar-refractivity contribution in [3.05, 3.63) is 41.2 Å². The molecule has 0 spiro atoms. The van der Waals surface area contributed by atoms with E-state index in [0.717, 1.165) is 6.33 Å². The first-order chi connectivity index (χ1) is 22.8. The van der Waals surface area contributed by atoms with Gasteiger partial charge in [0.2, 0.25) is 5.78 Å². The third-order valence-electron chi connectivity index (χ3n) is 8.13. The van der Waals surface area contributed by atoms with E-state index in [1.165, 1.54) is 32.4 Å². The molecule has 3 aliphatic heterocycles. The number of aryl methyl sites for hydroxylation is 1. The summed E-state index contributed by atoms with van der Waals surface area (Å²) < 4.78 is 63.0. The number of hydrogen-bond donors (Lipinski definition) is 6. The number of phosphoric ester groups is 2. The number of imidazole rings is 3. The number of phosphoric acid groups is 2. The number of ether oxygens (including phenoxy) is 2. The van der Waals surface area contributed by atoms with E-state index in [-0.39, 0.29) is 33.9 Å². The second-order valence-corrected chi connectivity index (χ2v) is 14.0. The molecule has 7 N–H and O–H groups in total. The van der Waals surface area contributed by atoms with Crippen molar-refractivity contribution in [1.29, 1.82) is 0 Å². The van der Waals surface area contributed by atoms with Crippen LogP contribution in [-0.4, -0.2) is 113 Å². The molecule has 0 aliphatic carbocycles. The zero-order chi connectivity index (χ0) is 33.7. The Morgan fingerprint density at radius 1 is 0.875 bits per heavy atom. The smallest absolute Gasteiger partial charge is 0.387 e. The van der Waals surface area contributed by atoms with Crippen LogP contribution in [0, 0.1) is 6.92 Å². The molecule has 10 atom stereocenters. The molecule has 5 aromatic heterocycles. The van der Waals surface area contributed by atoms with E-state index in [9.17, 15) is 33.9 Å². The molecule has 48 heavy (non-hydrogen) atoms. The molecule has 0 saturated carbocycles. The largest absolute Gasteiger partial charge is 0.472 e. The second kappa shape index (κ2) is 11.2. The summed E-state index contributed by atoms with van der Waals surface area (Å²) in [5.74, 6) is 0.197. The summed E-state index contributed by atoms with van der Waals surface area (Å²) in [7, 11) is -10.2. The Morgan fingerprint density at radius 2 is 1.52 bits per heavy atom. The normalized spacial score (nSPS) is 36.3. The highest BCUT2D eigenvalue weighted by molar-refractivity contribution is 7.47. The number of aromatic nitrogens is 9. The molecule has 0 aromatic carbocycles. The average Bonchev–Trinajstić information content (AvgIpc) is 3.84. The number of nitrogens with zero attached hydrogens (tertiary/aromatic N) is 8. The van der Waals surface area contributed by atoms with Gasteiger partial charge in [0, 0.05) is 11.9 Å². The first kappa shape index (κ1) is 31.6. The monoisotopic (exact) mass is 712 g/mol. The molecule has 25 heteroatoms. The molecule has 8 rings (SSSR count). The maximum atomic E-state index is 13.3. The molecular weight excluding hydrogens is 686 g/mol. The van der Waals surface area contributed by atoms with Gasteiger partial charge in [-0.1, -0.05) is 0 Å². The van der Waals surface area contributed by atoms with Crippen LogP contribution in [0.3, 0.4) is 0 Å². The number of anilines is 1. The van der Waals surface area contributed by atoms with Crippen LogP contribution in [-0.2, 0) is 36.7 Å². The molecule has 5 aromatic rings. The molecule has 3 fully saturated rings. The number of fused-ring (bicyclic) bond motifs is 6. The van der Waals surface area contributed by atoms with E-state index in [4.69, 9.17) is 33.3 Å². The van der Waals surface area contributed by atoms with Gasteiger partial charge >= 0.3 is 15.6 Å². The topological polar surface area (TPSA) is 308 Å². The molecule has 2 bridgehead atoms. The number of aliphatic hydroxyl groups is 2. The third-order valence-corrected chi connectivity index (χ3v) is 10.1. The number of H-pyrrole nitrogens is 1. The van der Waals surface area contributed by atoms with E-state index in [0.29, 0.717) is 5.69 Å². The Morgan fingerprint density at radius 3 is 2.27 bits per heavy atom. The fraction of sp³-hybridized carbons (Fsp3) is 0.478. The lowest BCUT2D eigenvalue weighted by atomic mass is 10.1. The standard InChI is InChI=1S/C23H26N10O13P2/c1-8-2-31-20(36)12-19(30-23(31)29-8)33(7-28-12)21-14(35)15-10(44-21)4-42-48(39,40)46-16-13(34)9(3-41-47(37,38)45-15)43-22(16)32-6-27-11-17(24)25-5-26-18(11)32/h2,5-7,9-10,13-16,21-22,34-35H,3-4H2,1H3,(H,29,30)(H,37,38)(H,39,40)(H2,24,25,26)/t9-,10-,13-,14-,15-,16-,21-,22-/m1/s1. The SMILES string of the molecule is Cc1cn2c(=O)c3ncn([C@@H]4O[C@@H]5COP(=O)(O)O[C@@H]6[C@H](O)[C@@H](COP(=O)(O)O[C@H]5[C@H]4O)O[C@H]6n4cnc5c(N)ncnc54)c3nc2[nH]1. The summed E-state index contributed by atoms with van der Waals surface area (Å²) in [6.45, 7) is 0.0944. The van der Waals surface area contributed by atoms with E-state index in [2.05, 4.69) is 29.9 Å². The maximum Gasteiger partial charge on any atom is 0.472 e. The van der Waals surface area contributed by atoms with Gasteiger partial charge in [-0.2, -0.15) is 4.98 Å². The lowest BCUT2D eigenvalue weighted by molar-refractivity contribution is -0.0672. The van der Waals surface area contributed by atoms with Gasteiger partial charge in [-0.05, 0) is 6.92 Å². The molecule has 0 amide bonds. The zero-order valence-electron chi connectivity index (χ0n) is 24.4. The lowest BCUT2D eigenvalue weighted by Gasteiger charge is -2.25. The predicted molar refractivity (Wildman–Crippen MR) is 155 cm³/mol. The van der Waals surface area contributed by atoms with Crippen LogP contribution in [0.1, 0.15) is 18.1 Å². The fourth-order valence-electron chi connectivity index (χ4n) is 5.94. The van der Waals surface area contributed by atoms with E-state index >= 15 is 0 Å². The van der Waals surface area contributed by atoms with Gasteiger partial charge in [-0.15, -0.1) is 0 Å². The van der Waals surface area contributed by atoms with Gasteiger partial charge in [0.05, 0.1) is 25.9 Å². The van der Waals surface area contributed by atoms with Crippen molar-refractivity contribution in [2.75, 3.05) is 18.9 Å². The van der Waals surface area contributed by atoms with Crippen molar-refractivity contribution in [3.8, 4) is 0 Å². The van der Waals surface area contributed by atoms with E-state index in [1.54, 1.807) is 6.92 Å². The highest BCUT2D eigenvalue weighted by Crippen LogP contribution is 2.53. The molecule has 0 radical (unpaired) electrons. The van der Waals surface area contributed by atoms with Crippen molar-refractivity contribution >= 4 is 49.6 Å². The average molecular weight is 712 g/mol. The predicted octanol–water partition coefficient (Wildman–Crippen LogP) is -1.36. The van der Waals surface area contributed by atoms with E-state index in [1.807, 2.05) is 0 Å². The van der Waals surface area contributed by atoms with Gasteiger partial charge in [-0.3, -0.25) is 32.0 Å². The number of rotatable bonds is 2. The minimum atomic E-state index is -5.10. The van der Waals surface area contributed by atoms with Gasteiger partial charge < -0.3 is 40.2 Å². The molecular formula is C23H26N10O13P2. The summed E-state index contributed by atoms with van der Waals surface area (Å²) in [4.78, 5) is 58.0. The molecule has 3 saturated heterocycles. The number of aliphatic hydroxyl groups excluding tert-OH is 2. The van der Waals surface area contributed by atoms with Crippen molar-refractivity contribution in [3.63, 3.8) is 0 Å². The van der Waals surface area contributed by atoms with Crippen LogP contribution >= 0.6 is 15.6 Å². The molecule has 8 heterocycles. The summed E-state index contributed by atoms with van der Waals surface area (Å²) in [6.07, 6.45) is -7.52. The summed E-state index contributed by atoms with van der Waals surface area (Å²) in [5.41, 5.74) is 6.19. The van der Waals surface area contributed by atoms with E-state index < -0.39 is 83.5 Å². The Labute approximate surface area is 266 Å². The summed E-state index contributed by atoms with van der Waals surface area (Å²) >= 11 is 0. The first-order valence-electron chi connectivity index (χ1n) is 14.2. The van der Waals surface area contributed by atoms with Gasteiger partial charge in [-0.25, -0.2) is 33.5 Å². The Hall–Kier alpha value is -3.70. The van der Waals surface area contributed by atoms with Crippen LogP contribution in [0.4, 0.5) is 5.82 Å². The van der Waals surface area contributed by atoms with Gasteiger partial charge in [0.15, 0.2) is 35.1 Å². The van der Waals surface area contributed by atoms with Crippen LogP contribution < -0.4 is 11.3 Å². The number of nitrogen functional groups attached to an aromatic ring is 1. The molecule has 2 unspecified atom stereocenters. The van der Waals surface area contributed by atoms with Gasteiger partial charge in [0.25, 0.3) is 5.56 Å². The minimum Gasteiger partial charge on any atom is -0.387 e. The number of hydrogen-bond acceptors (Lipinski definition) is 17. The van der Waals surface area contributed by atoms with Crippen molar-refractivity contribution in [2.24, 2.45) is 0 Å². The third kappa shape index (κ3) is 5.16. The number of aromatic amines is 1. The number of nitrogens with two attached hydrogens (primary N) is 1. The summed E-state index contributed by atoms with van der Waals surface area (Å²) in [5, 5.41) is 22.4. The summed E-state index contributed by atoms with van der Waals surface area (Å²) in [6, 6.07) is 0. The quantitative estimate of drug-likeness (QED) is 0.115. The maximum absolute atomic E-state index is 13.3. The highest BCUT2D eigenvalue weighted by Gasteiger charge is 2.54. The van der Waals surface area contributed by atoms with Crippen LogP contribution in [0.15, 0.2) is 30.0 Å². The Bertz CT molecular complexity index is 2220. The highest BCUT2D eigenvalue weighted by atomic mass is 31.2. The number of nitrogens with one attached hydrogen (secondary N) is 1. The molecule has 3 aliphatic rings. The van der Waals surface area contributed by atoms with Crippen molar-refractivity contribution in [2.45, 2.75) is 56.0 Å². The van der Waals surface area contributed by atoms with Crippen LogP contribution in [0.25, 0.3) is 28.1 Å². The molecule has 256 valence electrons. The fourth-order valence-corrected chi connectivity index (χ4v) is 7.84. The van der Waals surface area contributed by atoms with Crippen molar-refractivity contribution in [1.82, 2.24) is 43.4 Å². The van der Waals surface area contributed by atoms with Crippen LogP contribution in [0.5, 0.6) is 0 Å². The minimum absolute atomic E-state index is 0.00646. The Kier molecular flexibility index (Phi) is 7.34. The second-order valence-electron chi connectivity index (χ2n) is 11.2. The van der Waals surface area contributed by atoms with Crippen molar-refractivity contribution < 1.29 is 56.7 Å². The molecule has 23 nitrogen and oxygen atoms in total. The van der Waals surface area contributed by atoms with Crippen LogP contribution in [0.2, 0.25) is 0 Å².